The lowest BCUT2D eigenvalue weighted by atomic mass is 9.87. The van der Waals surface area contributed by atoms with E-state index in [1.807, 2.05) is 0 Å². The number of imidazole rings is 1. The highest BCUT2D eigenvalue weighted by molar-refractivity contribution is 5.75. The zero-order valence-corrected chi connectivity index (χ0v) is 13.4. The highest BCUT2D eigenvalue weighted by atomic mass is 15.1. The minimum absolute atomic E-state index is 0.241. The van der Waals surface area contributed by atoms with Crippen molar-refractivity contribution >= 4 is 11.0 Å². The summed E-state index contributed by atoms with van der Waals surface area (Å²) in [6.07, 6.45) is 7.51. The smallest absolute Gasteiger partial charge is 0.111 e. The zero-order valence-electron chi connectivity index (χ0n) is 13.4. The van der Waals surface area contributed by atoms with Gasteiger partial charge in [0.1, 0.15) is 5.82 Å². The van der Waals surface area contributed by atoms with E-state index in [0.717, 1.165) is 25.0 Å². The first-order valence-electron chi connectivity index (χ1n) is 8.47. The van der Waals surface area contributed by atoms with Gasteiger partial charge < -0.3 is 9.88 Å². The minimum atomic E-state index is 0.241. The molecule has 1 fully saturated rings. The van der Waals surface area contributed by atoms with Gasteiger partial charge in [0.05, 0.1) is 11.0 Å². The van der Waals surface area contributed by atoms with Crippen LogP contribution in [-0.4, -0.2) is 21.6 Å². The number of hydrogen-bond acceptors (Lipinski definition) is 2. The van der Waals surface area contributed by atoms with Crippen molar-refractivity contribution in [1.29, 1.82) is 0 Å². The number of aromatic nitrogens is 2. The molecule has 0 amide bonds. The summed E-state index contributed by atoms with van der Waals surface area (Å²) in [6.45, 7) is 6.68. The molecule has 0 saturated carbocycles. The maximum Gasteiger partial charge on any atom is 0.111 e. The van der Waals surface area contributed by atoms with E-state index in [0.29, 0.717) is 0 Å². The molecule has 0 spiro atoms. The van der Waals surface area contributed by atoms with Crippen LogP contribution >= 0.6 is 0 Å². The van der Waals surface area contributed by atoms with Crippen molar-refractivity contribution in [2.24, 2.45) is 0 Å². The quantitative estimate of drug-likeness (QED) is 0.923. The molecule has 1 aromatic heterocycles. The van der Waals surface area contributed by atoms with Crippen LogP contribution in [0.3, 0.4) is 0 Å². The van der Waals surface area contributed by atoms with Crippen molar-refractivity contribution in [3.63, 3.8) is 0 Å². The van der Waals surface area contributed by atoms with Gasteiger partial charge in [0.25, 0.3) is 0 Å². The second kappa shape index (κ2) is 6.18. The molecule has 1 aliphatic heterocycles. The second-order valence-electron chi connectivity index (χ2n) is 6.31. The molecule has 0 aliphatic carbocycles. The van der Waals surface area contributed by atoms with Crippen molar-refractivity contribution in [1.82, 2.24) is 14.9 Å². The third kappa shape index (κ3) is 2.84. The summed E-state index contributed by atoms with van der Waals surface area (Å²) in [7, 11) is 0. The molecule has 21 heavy (non-hydrogen) atoms. The molecule has 1 atom stereocenters. The van der Waals surface area contributed by atoms with E-state index in [-0.39, 0.29) is 5.54 Å². The monoisotopic (exact) mass is 285 g/mol. The van der Waals surface area contributed by atoms with Gasteiger partial charge in [-0.05, 0) is 44.9 Å². The van der Waals surface area contributed by atoms with E-state index in [9.17, 15) is 0 Å². The number of benzene rings is 1. The van der Waals surface area contributed by atoms with E-state index in [4.69, 9.17) is 4.98 Å². The summed E-state index contributed by atoms with van der Waals surface area (Å²) in [6, 6.07) is 8.51. The van der Waals surface area contributed by atoms with Crippen molar-refractivity contribution in [3.05, 3.63) is 30.1 Å². The van der Waals surface area contributed by atoms with Gasteiger partial charge in [-0.15, -0.1) is 0 Å². The molecule has 3 nitrogen and oxygen atoms in total. The molecule has 1 saturated heterocycles. The summed E-state index contributed by atoms with van der Waals surface area (Å²) in [5.74, 6) is 1.25. The SMILES string of the molecule is CCn1c(CC2(CC)CCCCCN2)nc2ccccc21. The largest absolute Gasteiger partial charge is 0.328 e. The Morgan fingerprint density at radius 1 is 1.19 bits per heavy atom. The van der Waals surface area contributed by atoms with Crippen molar-refractivity contribution in [2.75, 3.05) is 6.54 Å². The maximum absolute atomic E-state index is 4.92. The first kappa shape index (κ1) is 14.6. The highest BCUT2D eigenvalue weighted by Crippen LogP contribution is 2.28. The van der Waals surface area contributed by atoms with Crippen molar-refractivity contribution < 1.29 is 0 Å². The molecule has 1 aromatic carbocycles. The third-order valence-corrected chi connectivity index (χ3v) is 5.06. The first-order chi connectivity index (χ1) is 10.3. The summed E-state index contributed by atoms with van der Waals surface area (Å²) in [5, 5.41) is 3.84. The Bertz CT molecular complexity index is 592. The van der Waals surface area contributed by atoms with Crippen LogP contribution in [0.5, 0.6) is 0 Å². The fourth-order valence-corrected chi connectivity index (χ4v) is 3.70. The van der Waals surface area contributed by atoms with Gasteiger partial charge in [0.2, 0.25) is 0 Å². The molecule has 3 heteroatoms. The lowest BCUT2D eigenvalue weighted by molar-refractivity contribution is 0.294. The highest BCUT2D eigenvalue weighted by Gasteiger charge is 2.30. The van der Waals surface area contributed by atoms with Crippen LogP contribution in [-0.2, 0) is 13.0 Å². The van der Waals surface area contributed by atoms with Crippen LogP contribution in [0.15, 0.2) is 24.3 Å². The number of fused-ring (bicyclic) bond motifs is 1. The van der Waals surface area contributed by atoms with Gasteiger partial charge in [-0.25, -0.2) is 4.98 Å². The van der Waals surface area contributed by atoms with Crippen molar-refractivity contribution in [2.45, 2.75) is 64.5 Å². The molecule has 114 valence electrons. The predicted octanol–water partition coefficient (Wildman–Crippen LogP) is 3.91. The van der Waals surface area contributed by atoms with Crippen LogP contribution in [0.1, 0.15) is 51.8 Å². The molecule has 1 unspecified atom stereocenters. The van der Waals surface area contributed by atoms with Gasteiger partial charge in [0, 0.05) is 18.5 Å². The Morgan fingerprint density at radius 3 is 2.86 bits per heavy atom. The van der Waals surface area contributed by atoms with Gasteiger partial charge in [-0.1, -0.05) is 31.9 Å². The van der Waals surface area contributed by atoms with Crippen LogP contribution in [0.4, 0.5) is 0 Å². The fraction of sp³-hybridized carbons (Fsp3) is 0.611. The Morgan fingerprint density at radius 2 is 2.05 bits per heavy atom. The summed E-state index contributed by atoms with van der Waals surface area (Å²) in [5.41, 5.74) is 2.65. The topological polar surface area (TPSA) is 29.9 Å². The number of nitrogens with zero attached hydrogens (tertiary/aromatic N) is 2. The van der Waals surface area contributed by atoms with Gasteiger partial charge >= 0.3 is 0 Å². The van der Waals surface area contributed by atoms with Gasteiger partial charge in [-0.3, -0.25) is 0 Å². The molecule has 2 heterocycles. The van der Waals surface area contributed by atoms with Crippen LogP contribution in [0.25, 0.3) is 11.0 Å². The first-order valence-corrected chi connectivity index (χ1v) is 8.47. The van der Waals surface area contributed by atoms with Crippen LogP contribution in [0, 0.1) is 0 Å². The van der Waals surface area contributed by atoms with E-state index < -0.39 is 0 Å². The Hall–Kier alpha value is -1.35. The number of aryl methyl sites for hydroxylation is 1. The predicted molar refractivity (Wildman–Crippen MR) is 88.6 cm³/mol. The minimum Gasteiger partial charge on any atom is -0.328 e. The maximum atomic E-state index is 4.92. The van der Waals surface area contributed by atoms with Gasteiger partial charge in [-0.2, -0.15) is 0 Å². The van der Waals surface area contributed by atoms with Crippen molar-refractivity contribution in [3.8, 4) is 0 Å². The molecule has 2 aromatic rings. The number of para-hydroxylation sites is 2. The molecule has 0 bridgehead atoms. The Labute approximate surface area is 127 Å². The molecule has 1 N–H and O–H groups in total. The lowest BCUT2D eigenvalue weighted by Gasteiger charge is -2.32. The molecule has 1 aliphatic rings. The van der Waals surface area contributed by atoms with E-state index in [1.54, 1.807) is 0 Å². The van der Waals surface area contributed by atoms with Crippen LogP contribution < -0.4 is 5.32 Å². The summed E-state index contributed by atoms with van der Waals surface area (Å²) < 4.78 is 2.39. The normalized spacial score (nSPS) is 23.3. The summed E-state index contributed by atoms with van der Waals surface area (Å²) in [4.78, 5) is 4.92. The Kier molecular flexibility index (Phi) is 4.29. The van der Waals surface area contributed by atoms with E-state index >= 15 is 0 Å². The van der Waals surface area contributed by atoms with E-state index in [2.05, 4.69) is 48.0 Å². The second-order valence-corrected chi connectivity index (χ2v) is 6.31. The lowest BCUT2D eigenvalue weighted by Crippen LogP contribution is -2.46. The average molecular weight is 285 g/mol. The average Bonchev–Trinajstić information content (AvgIpc) is 2.69. The molecule has 3 rings (SSSR count). The van der Waals surface area contributed by atoms with Crippen LogP contribution in [0.2, 0.25) is 0 Å². The third-order valence-electron chi connectivity index (χ3n) is 5.06. The zero-order chi connectivity index (χ0) is 14.7. The Balaban J connectivity index is 1.95. The fourth-order valence-electron chi connectivity index (χ4n) is 3.70. The number of nitrogens with one attached hydrogen (secondary N) is 1. The molecule has 0 radical (unpaired) electrons. The standard InChI is InChI=1S/C18H27N3/c1-3-18(12-8-5-9-13-19-18)14-17-20-15-10-6-7-11-16(15)21(17)4-2/h6-7,10-11,19H,3-5,8-9,12-14H2,1-2H3. The van der Waals surface area contributed by atoms with E-state index in [1.165, 1.54) is 43.4 Å². The molecular weight excluding hydrogens is 258 g/mol. The molecular formula is C18H27N3. The van der Waals surface area contributed by atoms with Gasteiger partial charge in [0.15, 0.2) is 0 Å². The number of hydrogen-bond donors (Lipinski definition) is 1. The number of rotatable bonds is 4. The summed E-state index contributed by atoms with van der Waals surface area (Å²) >= 11 is 0.